The summed E-state index contributed by atoms with van der Waals surface area (Å²) in [6.07, 6.45) is 4.98. The first kappa shape index (κ1) is 16.3. The number of anilines is 1. The molecule has 5 nitrogen and oxygen atoms in total. The molecule has 3 aromatic heterocycles. The van der Waals surface area contributed by atoms with Crippen LogP contribution in [0.5, 0.6) is 0 Å². The van der Waals surface area contributed by atoms with Gasteiger partial charge >= 0.3 is 0 Å². The molecule has 0 bridgehead atoms. The van der Waals surface area contributed by atoms with Crippen molar-refractivity contribution >= 4 is 27.8 Å². The molecule has 0 saturated carbocycles. The first-order valence-corrected chi connectivity index (χ1v) is 8.72. The van der Waals surface area contributed by atoms with Gasteiger partial charge in [-0.1, -0.05) is 12.1 Å². The maximum Gasteiger partial charge on any atom is 0.152 e. The van der Waals surface area contributed by atoms with Gasteiger partial charge < -0.3 is 5.73 Å². The van der Waals surface area contributed by atoms with E-state index < -0.39 is 0 Å². The molecule has 2 aromatic carbocycles. The van der Waals surface area contributed by atoms with Crippen molar-refractivity contribution in [2.24, 2.45) is 0 Å². The lowest BCUT2D eigenvalue weighted by atomic mass is 9.96. The molecule has 0 aliphatic rings. The molecule has 28 heavy (non-hydrogen) atoms. The number of hydrogen-bond acceptors (Lipinski definition) is 5. The van der Waals surface area contributed by atoms with Gasteiger partial charge in [0.2, 0.25) is 0 Å². The van der Waals surface area contributed by atoms with Gasteiger partial charge in [0.1, 0.15) is 16.9 Å². The second-order valence-electron chi connectivity index (χ2n) is 6.39. The number of hydrogen-bond donors (Lipinski definition) is 1. The SMILES string of the molecule is Nc1nc(-c2ccc(F)cc2)c(-c2ccc3ncccc3c2)c2nccnc12. The van der Waals surface area contributed by atoms with Gasteiger partial charge in [-0.15, -0.1) is 0 Å². The fourth-order valence-corrected chi connectivity index (χ4v) is 3.37. The molecule has 0 saturated heterocycles. The van der Waals surface area contributed by atoms with E-state index in [1.54, 1.807) is 30.7 Å². The first-order valence-electron chi connectivity index (χ1n) is 8.72. The summed E-state index contributed by atoms with van der Waals surface area (Å²) in [6, 6.07) is 16.0. The summed E-state index contributed by atoms with van der Waals surface area (Å²) >= 11 is 0. The van der Waals surface area contributed by atoms with Crippen LogP contribution in [0.15, 0.2) is 73.2 Å². The summed E-state index contributed by atoms with van der Waals surface area (Å²) in [5.41, 5.74) is 11.3. The van der Waals surface area contributed by atoms with Crippen LogP contribution in [-0.2, 0) is 0 Å². The Balaban J connectivity index is 1.87. The summed E-state index contributed by atoms with van der Waals surface area (Å²) in [5, 5.41) is 0.999. The highest BCUT2D eigenvalue weighted by molar-refractivity contribution is 6.04. The number of benzene rings is 2. The Labute approximate surface area is 159 Å². The number of halogens is 1. The number of nitrogen functional groups attached to an aromatic ring is 1. The Hall–Kier alpha value is -3.93. The van der Waals surface area contributed by atoms with Crippen molar-refractivity contribution in [3.05, 3.63) is 79.0 Å². The lowest BCUT2D eigenvalue weighted by Crippen LogP contribution is -2.01. The van der Waals surface area contributed by atoms with E-state index in [1.807, 2.05) is 30.3 Å². The minimum atomic E-state index is -0.310. The molecule has 6 heteroatoms. The number of aromatic nitrogens is 4. The number of fused-ring (bicyclic) bond motifs is 2. The zero-order chi connectivity index (χ0) is 19.1. The number of rotatable bonds is 2. The minimum Gasteiger partial charge on any atom is -0.382 e. The van der Waals surface area contributed by atoms with Gasteiger partial charge in [0.05, 0.1) is 11.2 Å². The molecule has 134 valence electrons. The van der Waals surface area contributed by atoms with Crippen molar-refractivity contribution in [1.82, 2.24) is 19.9 Å². The molecule has 5 rings (SSSR count). The molecule has 0 aliphatic carbocycles. The van der Waals surface area contributed by atoms with E-state index in [1.165, 1.54) is 12.1 Å². The van der Waals surface area contributed by atoms with Crippen LogP contribution in [0.2, 0.25) is 0 Å². The first-order chi connectivity index (χ1) is 13.7. The molecule has 0 unspecified atom stereocenters. The van der Waals surface area contributed by atoms with Gasteiger partial charge in [0.25, 0.3) is 0 Å². The maximum atomic E-state index is 13.5. The molecule has 0 atom stereocenters. The van der Waals surface area contributed by atoms with E-state index in [2.05, 4.69) is 19.9 Å². The molecule has 0 fully saturated rings. The monoisotopic (exact) mass is 367 g/mol. The molecule has 2 N–H and O–H groups in total. The standard InChI is InChI=1S/C22H14FN5/c23-16-6-3-13(4-7-16)19-18(20-21(22(24)28-19)27-11-10-26-20)15-5-8-17-14(12-15)2-1-9-25-17/h1-12H,(H2,24,28). The van der Waals surface area contributed by atoms with E-state index in [-0.39, 0.29) is 11.6 Å². The second-order valence-corrected chi connectivity index (χ2v) is 6.39. The molecule has 0 radical (unpaired) electrons. The normalized spacial score (nSPS) is 11.2. The van der Waals surface area contributed by atoms with Crippen molar-refractivity contribution in [1.29, 1.82) is 0 Å². The predicted octanol–water partition coefficient (Wildman–Crippen LogP) is 4.63. The van der Waals surface area contributed by atoms with Crippen LogP contribution in [0.4, 0.5) is 10.2 Å². The average molecular weight is 367 g/mol. The molecule has 0 aliphatic heterocycles. The fourth-order valence-electron chi connectivity index (χ4n) is 3.37. The lowest BCUT2D eigenvalue weighted by molar-refractivity contribution is 0.628. The summed E-state index contributed by atoms with van der Waals surface area (Å²) in [6.45, 7) is 0. The van der Waals surface area contributed by atoms with Crippen molar-refractivity contribution in [3.8, 4) is 22.4 Å². The van der Waals surface area contributed by atoms with Crippen molar-refractivity contribution in [2.75, 3.05) is 5.73 Å². The van der Waals surface area contributed by atoms with Crippen LogP contribution in [-0.4, -0.2) is 19.9 Å². The molecular formula is C22H14FN5. The van der Waals surface area contributed by atoms with Crippen LogP contribution in [0.25, 0.3) is 44.3 Å². The second kappa shape index (κ2) is 6.35. The number of nitrogens with zero attached hydrogens (tertiary/aromatic N) is 4. The minimum absolute atomic E-state index is 0.286. The van der Waals surface area contributed by atoms with E-state index in [0.717, 1.165) is 27.6 Å². The van der Waals surface area contributed by atoms with E-state index in [0.29, 0.717) is 16.7 Å². The fraction of sp³-hybridized carbons (Fsp3) is 0. The third kappa shape index (κ3) is 2.63. The van der Waals surface area contributed by atoms with Crippen LogP contribution < -0.4 is 5.73 Å². The Bertz CT molecular complexity index is 1330. The number of pyridine rings is 2. The highest BCUT2D eigenvalue weighted by Gasteiger charge is 2.18. The van der Waals surface area contributed by atoms with Crippen LogP contribution in [0.1, 0.15) is 0 Å². The van der Waals surface area contributed by atoms with Gasteiger partial charge in [-0.25, -0.2) is 14.4 Å². The summed E-state index contributed by atoms with van der Waals surface area (Å²) in [5.74, 6) is -0.0238. The van der Waals surface area contributed by atoms with Crippen molar-refractivity contribution < 1.29 is 4.39 Å². The third-order valence-electron chi connectivity index (χ3n) is 4.66. The maximum absolute atomic E-state index is 13.5. The van der Waals surface area contributed by atoms with Gasteiger partial charge in [0, 0.05) is 35.1 Å². The Morgan fingerprint density at radius 3 is 2.32 bits per heavy atom. The van der Waals surface area contributed by atoms with Crippen LogP contribution >= 0.6 is 0 Å². The van der Waals surface area contributed by atoms with Crippen LogP contribution in [0.3, 0.4) is 0 Å². The molecule has 5 aromatic rings. The van der Waals surface area contributed by atoms with Crippen molar-refractivity contribution in [2.45, 2.75) is 0 Å². The lowest BCUT2D eigenvalue weighted by Gasteiger charge is -2.14. The van der Waals surface area contributed by atoms with Gasteiger partial charge in [-0.05, 0) is 48.0 Å². The highest BCUT2D eigenvalue weighted by Crippen LogP contribution is 2.38. The molecule has 0 spiro atoms. The zero-order valence-corrected chi connectivity index (χ0v) is 14.7. The van der Waals surface area contributed by atoms with E-state index in [4.69, 9.17) is 5.73 Å². The highest BCUT2D eigenvalue weighted by atomic mass is 19.1. The molecule has 3 heterocycles. The Kier molecular flexibility index (Phi) is 3.69. The van der Waals surface area contributed by atoms with Crippen LogP contribution in [0, 0.1) is 5.82 Å². The predicted molar refractivity (Wildman–Crippen MR) is 108 cm³/mol. The van der Waals surface area contributed by atoms with Crippen molar-refractivity contribution in [3.63, 3.8) is 0 Å². The summed E-state index contributed by atoms with van der Waals surface area (Å²) < 4.78 is 13.5. The molecule has 0 amide bonds. The Morgan fingerprint density at radius 2 is 1.50 bits per heavy atom. The Morgan fingerprint density at radius 1 is 0.750 bits per heavy atom. The van der Waals surface area contributed by atoms with Gasteiger partial charge in [0.15, 0.2) is 5.82 Å². The average Bonchev–Trinajstić information content (AvgIpc) is 2.74. The van der Waals surface area contributed by atoms with E-state index in [9.17, 15) is 4.39 Å². The summed E-state index contributed by atoms with van der Waals surface area (Å²) in [4.78, 5) is 17.9. The quantitative estimate of drug-likeness (QED) is 0.492. The van der Waals surface area contributed by atoms with Gasteiger partial charge in [-0.2, -0.15) is 0 Å². The number of nitrogens with two attached hydrogens (primary N) is 1. The zero-order valence-electron chi connectivity index (χ0n) is 14.7. The van der Waals surface area contributed by atoms with Gasteiger partial charge in [-0.3, -0.25) is 9.97 Å². The topological polar surface area (TPSA) is 77.6 Å². The third-order valence-corrected chi connectivity index (χ3v) is 4.66. The summed E-state index contributed by atoms with van der Waals surface area (Å²) in [7, 11) is 0. The molecular weight excluding hydrogens is 353 g/mol. The smallest absolute Gasteiger partial charge is 0.152 e. The largest absolute Gasteiger partial charge is 0.382 e. The van der Waals surface area contributed by atoms with E-state index >= 15 is 0 Å².